The summed E-state index contributed by atoms with van der Waals surface area (Å²) in [5.41, 5.74) is 0. The van der Waals surface area contributed by atoms with Crippen LogP contribution in [0.1, 0.15) is 0 Å². The van der Waals surface area contributed by atoms with E-state index in [9.17, 15) is 9.59 Å². The van der Waals surface area contributed by atoms with Crippen molar-refractivity contribution < 1.29 is 14.7 Å². The Morgan fingerprint density at radius 2 is 2.21 bits per heavy atom. The Hall–Kier alpha value is -1.30. The molecule has 0 unspecified atom stereocenters. The van der Waals surface area contributed by atoms with Gasteiger partial charge in [-0.3, -0.25) is 9.69 Å². The Kier molecular flexibility index (Phi) is 2.28. The van der Waals surface area contributed by atoms with Crippen LogP contribution in [-0.2, 0) is 4.79 Å². The molecule has 2 heterocycles. The number of carboxylic acid groups (broad SMARTS) is 1. The lowest BCUT2D eigenvalue weighted by atomic mass is 10.1. The number of hydrogen-bond donors (Lipinski definition) is 2. The van der Waals surface area contributed by atoms with Gasteiger partial charge < -0.3 is 15.3 Å². The van der Waals surface area contributed by atoms with Crippen LogP contribution in [0.15, 0.2) is 0 Å². The van der Waals surface area contributed by atoms with Gasteiger partial charge >= 0.3 is 6.09 Å². The van der Waals surface area contributed by atoms with Crippen molar-refractivity contribution >= 4 is 12.0 Å². The lowest BCUT2D eigenvalue weighted by Crippen LogP contribution is -2.64. The van der Waals surface area contributed by atoms with Crippen molar-refractivity contribution in [3.05, 3.63) is 0 Å². The summed E-state index contributed by atoms with van der Waals surface area (Å²) >= 11 is 0. The van der Waals surface area contributed by atoms with Crippen molar-refractivity contribution in [2.24, 2.45) is 0 Å². The first-order valence-corrected chi connectivity index (χ1v) is 4.68. The van der Waals surface area contributed by atoms with Crippen molar-refractivity contribution in [2.75, 3.05) is 32.7 Å². The first-order chi connectivity index (χ1) is 6.68. The highest BCUT2D eigenvalue weighted by Crippen LogP contribution is 2.12. The third-order valence-electron chi connectivity index (χ3n) is 2.76. The van der Waals surface area contributed by atoms with Crippen molar-refractivity contribution in [3.8, 4) is 0 Å². The van der Waals surface area contributed by atoms with E-state index in [-0.39, 0.29) is 11.9 Å². The van der Waals surface area contributed by atoms with E-state index >= 15 is 0 Å². The Bertz CT molecular complexity index is 269. The molecule has 2 N–H and O–H groups in total. The van der Waals surface area contributed by atoms with Gasteiger partial charge in [0.2, 0.25) is 5.91 Å². The third-order valence-corrected chi connectivity index (χ3v) is 2.76. The Morgan fingerprint density at radius 1 is 1.43 bits per heavy atom. The van der Waals surface area contributed by atoms with Crippen LogP contribution in [0.4, 0.5) is 4.79 Å². The average molecular weight is 199 g/mol. The molecule has 0 saturated carbocycles. The minimum absolute atomic E-state index is 0.0535. The molecule has 78 valence electrons. The molecule has 0 aromatic carbocycles. The first kappa shape index (κ1) is 9.26. The Morgan fingerprint density at radius 3 is 2.93 bits per heavy atom. The predicted octanol–water partition coefficient (Wildman–Crippen LogP) is -1.22. The summed E-state index contributed by atoms with van der Waals surface area (Å²) in [6, 6.07) is -0.284. The van der Waals surface area contributed by atoms with Crippen molar-refractivity contribution in [1.82, 2.24) is 15.1 Å². The molecule has 6 nitrogen and oxygen atoms in total. The summed E-state index contributed by atoms with van der Waals surface area (Å²) in [5.74, 6) is -0.0535. The molecule has 0 radical (unpaired) electrons. The zero-order valence-corrected chi connectivity index (χ0v) is 7.77. The molecular weight excluding hydrogens is 186 g/mol. The van der Waals surface area contributed by atoms with Gasteiger partial charge in [-0.1, -0.05) is 0 Å². The van der Waals surface area contributed by atoms with Gasteiger partial charge in [-0.05, 0) is 0 Å². The number of nitrogens with one attached hydrogen (secondary N) is 1. The molecule has 1 atom stereocenters. The summed E-state index contributed by atoms with van der Waals surface area (Å²) in [7, 11) is 0. The van der Waals surface area contributed by atoms with Crippen LogP contribution in [-0.4, -0.2) is 65.7 Å². The fourth-order valence-corrected chi connectivity index (χ4v) is 1.95. The van der Waals surface area contributed by atoms with Gasteiger partial charge in [0.05, 0.1) is 0 Å². The van der Waals surface area contributed by atoms with Gasteiger partial charge in [0.25, 0.3) is 0 Å². The molecule has 14 heavy (non-hydrogen) atoms. The maximum Gasteiger partial charge on any atom is 0.407 e. The predicted molar refractivity (Wildman–Crippen MR) is 48.0 cm³/mol. The molecule has 2 amide bonds. The van der Waals surface area contributed by atoms with Crippen LogP contribution in [0.25, 0.3) is 0 Å². The highest BCUT2D eigenvalue weighted by molar-refractivity contribution is 5.83. The van der Waals surface area contributed by atoms with Gasteiger partial charge in [0.15, 0.2) is 0 Å². The van der Waals surface area contributed by atoms with Crippen LogP contribution in [0.3, 0.4) is 0 Å². The van der Waals surface area contributed by atoms with Gasteiger partial charge in [0.1, 0.15) is 6.04 Å². The van der Waals surface area contributed by atoms with Gasteiger partial charge in [-0.2, -0.15) is 0 Å². The summed E-state index contributed by atoms with van der Waals surface area (Å²) in [5, 5.41) is 11.5. The van der Waals surface area contributed by atoms with E-state index in [0.717, 1.165) is 6.54 Å². The zero-order chi connectivity index (χ0) is 10.1. The van der Waals surface area contributed by atoms with E-state index in [1.165, 1.54) is 4.90 Å². The highest BCUT2D eigenvalue weighted by atomic mass is 16.4. The van der Waals surface area contributed by atoms with E-state index in [0.29, 0.717) is 26.2 Å². The minimum atomic E-state index is -0.942. The molecule has 0 bridgehead atoms. The summed E-state index contributed by atoms with van der Waals surface area (Å²) in [4.78, 5) is 25.5. The molecule has 0 aromatic heterocycles. The zero-order valence-electron chi connectivity index (χ0n) is 7.77. The molecule has 0 spiro atoms. The van der Waals surface area contributed by atoms with Crippen molar-refractivity contribution in [2.45, 2.75) is 6.04 Å². The third kappa shape index (κ3) is 1.52. The van der Waals surface area contributed by atoms with Crippen molar-refractivity contribution in [1.29, 1.82) is 0 Å². The maximum atomic E-state index is 11.4. The van der Waals surface area contributed by atoms with Crippen LogP contribution < -0.4 is 5.32 Å². The molecule has 2 rings (SSSR count). The largest absolute Gasteiger partial charge is 0.465 e. The second-order valence-corrected chi connectivity index (χ2v) is 3.57. The van der Waals surface area contributed by atoms with E-state index in [4.69, 9.17) is 5.11 Å². The number of hydrogen-bond acceptors (Lipinski definition) is 3. The normalized spacial score (nSPS) is 28.1. The number of piperazine rings is 2. The minimum Gasteiger partial charge on any atom is -0.465 e. The van der Waals surface area contributed by atoms with Crippen LogP contribution in [0.5, 0.6) is 0 Å². The average Bonchev–Trinajstić information content (AvgIpc) is 2.18. The molecule has 2 fully saturated rings. The monoisotopic (exact) mass is 199 g/mol. The standard InChI is InChI=1S/C8H13N3O3/c12-7-6-5-11(8(13)14)4-3-10(6)2-1-9-7/h6H,1-5H2,(H,9,12)(H,13,14)/t6-/m0/s1. The number of nitrogens with zero attached hydrogens (tertiary/aromatic N) is 2. The second-order valence-electron chi connectivity index (χ2n) is 3.57. The van der Waals surface area contributed by atoms with Crippen LogP contribution in [0, 0.1) is 0 Å². The quantitative estimate of drug-likeness (QED) is 0.513. The van der Waals surface area contributed by atoms with Gasteiger partial charge in [-0.25, -0.2) is 4.79 Å². The lowest BCUT2D eigenvalue weighted by molar-refractivity contribution is -0.131. The number of carbonyl (C=O) groups is 2. The second kappa shape index (κ2) is 3.45. The Labute approximate surface area is 81.5 Å². The lowest BCUT2D eigenvalue weighted by Gasteiger charge is -2.41. The molecule has 0 aromatic rings. The van der Waals surface area contributed by atoms with Gasteiger partial charge in [-0.15, -0.1) is 0 Å². The van der Waals surface area contributed by atoms with E-state index in [1.807, 2.05) is 4.90 Å². The summed E-state index contributed by atoms with van der Waals surface area (Å²) < 4.78 is 0. The topological polar surface area (TPSA) is 72.9 Å². The first-order valence-electron chi connectivity index (χ1n) is 4.68. The fraction of sp³-hybridized carbons (Fsp3) is 0.750. The molecule has 2 aliphatic rings. The van der Waals surface area contributed by atoms with Crippen LogP contribution >= 0.6 is 0 Å². The highest BCUT2D eigenvalue weighted by Gasteiger charge is 2.36. The molecule has 6 heteroatoms. The van der Waals surface area contributed by atoms with Gasteiger partial charge in [0, 0.05) is 32.7 Å². The van der Waals surface area contributed by atoms with E-state index < -0.39 is 6.09 Å². The Balaban J connectivity index is 2.05. The molecule has 2 saturated heterocycles. The summed E-state index contributed by atoms with van der Waals surface area (Å²) in [6.45, 7) is 2.94. The number of rotatable bonds is 0. The van der Waals surface area contributed by atoms with E-state index in [1.54, 1.807) is 0 Å². The number of carbonyl (C=O) groups excluding carboxylic acids is 1. The van der Waals surface area contributed by atoms with Crippen LogP contribution in [0.2, 0.25) is 0 Å². The SMILES string of the molecule is O=C1NCCN2CCN(C(=O)O)C[C@@H]12. The molecule has 0 aliphatic carbocycles. The van der Waals surface area contributed by atoms with Crippen molar-refractivity contribution in [3.63, 3.8) is 0 Å². The number of amides is 2. The molecule has 2 aliphatic heterocycles. The smallest absolute Gasteiger partial charge is 0.407 e. The van der Waals surface area contributed by atoms with E-state index in [2.05, 4.69) is 5.32 Å². The molecular formula is C8H13N3O3. The number of fused-ring (bicyclic) bond motifs is 1. The maximum absolute atomic E-state index is 11.4. The summed E-state index contributed by atoms with van der Waals surface area (Å²) in [6.07, 6.45) is -0.942. The fourth-order valence-electron chi connectivity index (χ4n) is 1.95.